The smallest absolute Gasteiger partial charge is 0.356 e. The molecule has 66 valence electrons. The SMILES string of the molecule is CCCNC(=O)CC(F)(F)F. The highest BCUT2D eigenvalue weighted by Gasteiger charge is 2.30. The third-order valence-electron chi connectivity index (χ3n) is 0.933. The van der Waals surface area contributed by atoms with Gasteiger partial charge >= 0.3 is 6.18 Å². The normalized spacial score (nSPS) is 11.3. The Kier molecular flexibility index (Phi) is 3.92. The summed E-state index contributed by atoms with van der Waals surface area (Å²) in [5, 5.41) is 2.13. The molecule has 0 saturated carbocycles. The lowest BCUT2D eigenvalue weighted by molar-refractivity contribution is -0.153. The minimum atomic E-state index is -4.39. The van der Waals surface area contributed by atoms with E-state index in [1.54, 1.807) is 6.92 Å². The first-order valence-corrected chi connectivity index (χ1v) is 3.29. The minimum absolute atomic E-state index is 0.301. The van der Waals surface area contributed by atoms with Gasteiger partial charge < -0.3 is 5.32 Å². The zero-order chi connectivity index (χ0) is 8.91. The van der Waals surface area contributed by atoms with Crippen molar-refractivity contribution < 1.29 is 18.0 Å². The number of carbonyl (C=O) groups is 1. The Morgan fingerprint density at radius 2 is 2.00 bits per heavy atom. The van der Waals surface area contributed by atoms with E-state index >= 15 is 0 Å². The Morgan fingerprint density at radius 1 is 1.45 bits per heavy atom. The van der Waals surface area contributed by atoms with Crippen molar-refractivity contribution in [1.82, 2.24) is 5.32 Å². The minimum Gasteiger partial charge on any atom is -0.356 e. The van der Waals surface area contributed by atoms with Gasteiger partial charge in [-0.1, -0.05) is 6.92 Å². The Balaban J connectivity index is 3.53. The standard InChI is InChI=1S/C6H10F3NO/c1-2-3-10-5(11)4-6(7,8)9/h2-4H2,1H3,(H,10,11). The summed E-state index contributed by atoms with van der Waals surface area (Å²) in [6, 6.07) is 0. The summed E-state index contributed by atoms with van der Waals surface area (Å²) >= 11 is 0. The molecule has 5 heteroatoms. The van der Waals surface area contributed by atoms with Crippen molar-refractivity contribution in [1.29, 1.82) is 0 Å². The van der Waals surface area contributed by atoms with Gasteiger partial charge in [-0.2, -0.15) is 13.2 Å². The van der Waals surface area contributed by atoms with Crippen molar-refractivity contribution in [3.05, 3.63) is 0 Å². The summed E-state index contributed by atoms with van der Waals surface area (Å²) in [4.78, 5) is 10.4. The molecule has 0 aromatic carbocycles. The van der Waals surface area contributed by atoms with E-state index in [4.69, 9.17) is 0 Å². The Morgan fingerprint density at radius 3 is 2.36 bits per heavy atom. The maximum absolute atomic E-state index is 11.5. The second-order valence-electron chi connectivity index (χ2n) is 2.14. The predicted octanol–water partition coefficient (Wildman–Crippen LogP) is 1.46. The number of hydrogen-bond acceptors (Lipinski definition) is 1. The average Bonchev–Trinajstić information content (AvgIpc) is 1.79. The Hall–Kier alpha value is -0.740. The first-order valence-electron chi connectivity index (χ1n) is 3.29. The summed E-state index contributed by atoms with van der Waals surface area (Å²) in [6.07, 6.45) is -5.13. The van der Waals surface area contributed by atoms with E-state index in [9.17, 15) is 18.0 Å². The molecule has 0 heterocycles. The molecule has 0 aliphatic heterocycles. The molecule has 0 aromatic heterocycles. The number of rotatable bonds is 3. The van der Waals surface area contributed by atoms with Crippen molar-refractivity contribution in [2.45, 2.75) is 25.9 Å². The van der Waals surface area contributed by atoms with E-state index in [1.165, 1.54) is 0 Å². The molecule has 0 aliphatic rings. The predicted molar refractivity (Wildman–Crippen MR) is 34.0 cm³/mol. The van der Waals surface area contributed by atoms with Gasteiger partial charge in [-0.25, -0.2) is 0 Å². The van der Waals surface area contributed by atoms with Crippen LogP contribution in [0.5, 0.6) is 0 Å². The molecule has 0 radical (unpaired) electrons. The van der Waals surface area contributed by atoms with E-state index in [0.29, 0.717) is 13.0 Å². The van der Waals surface area contributed by atoms with Crippen molar-refractivity contribution in [3.63, 3.8) is 0 Å². The average molecular weight is 169 g/mol. The largest absolute Gasteiger partial charge is 0.397 e. The molecule has 0 saturated heterocycles. The Labute approximate surface area is 62.8 Å². The Bertz CT molecular complexity index is 132. The maximum Gasteiger partial charge on any atom is 0.397 e. The van der Waals surface area contributed by atoms with Crippen LogP contribution in [0.2, 0.25) is 0 Å². The zero-order valence-corrected chi connectivity index (χ0v) is 6.16. The molecule has 0 atom stereocenters. The molecule has 0 aliphatic carbocycles. The lowest BCUT2D eigenvalue weighted by atomic mass is 10.4. The van der Waals surface area contributed by atoms with E-state index in [0.717, 1.165) is 0 Å². The summed E-state index contributed by atoms with van der Waals surface area (Å²) < 4.78 is 34.4. The highest BCUT2D eigenvalue weighted by atomic mass is 19.4. The number of hydrogen-bond donors (Lipinski definition) is 1. The monoisotopic (exact) mass is 169 g/mol. The number of amides is 1. The van der Waals surface area contributed by atoms with Gasteiger partial charge in [0, 0.05) is 6.54 Å². The zero-order valence-electron chi connectivity index (χ0n) is 6.16. The molecular weight excluding hydrogens is 159 g/mol. The van der Waals surface area contributed by atoms with Crippen LogP contribution in [0, 0.1) is 0 Å². The van der Waals surface area contributed by atoms with Crippen LogP contribution in [0.25, 0.3) is 0 Å². The molecule has 0 bridgehead atoms. The van der Waals surface area contributed by atoms with Gasteiger partial charge in [0.1, 0.15) is 6.42 Å². The molecule has 0 rings (SSSR count). The van der Waals surface area contributed by atoms with Crippen LogP contribution >= 0.6 is 0 Å². The van der Waals surface area contributed by atoms with E-state index in [2.05, 4.69) is 5.32 Å². The van der Waals surface area contributed by atoms with Gasteiger partial charge in [-0.05, 0) is 6.42 Å². The van der Waals surface area contributed by atoms with Crippen molar-refractivity contribution in [2.75, 3.05) is 6.54 Å². The molecule has 0 unspecified atom stereocenters. The molecule has 0 fully saturated rings. The van der Waals surface area contributed by atoms with Gasteiger partial charge in [0.05, 0.1) is 0 Å². The second-order valence-corrected chi connectivity index (χ2v) is 2.14. The van der Waals surface area contributed by atoms with Crippen LogP contribution in [-0.4, -0.2) is 18.6 Å². The quantitative estimate of drug-likeness (QED) is 0.680. The van der Waals surface area contributed by atoms with Crippen molar-refractivity contribution in [2.24, 2.45) is 0 Å². The van der Waals surface area contributed by atoms with Gasteiger partial charge in [0.15, 0.2) is 0 Å². The number of alkyl halides is 3. The van der Waals surface area contributed by atoms with Gasteiger partial charge in [0.25, 0.3) is 0 Å². The number of halogens is 3. The second kappa shape index (κ2) is 4.20. The number of carbonyl (C=O) groups excluding carboxylic acids is 1. The lowest BCUT2D eigenvalue weighted by Crippen LogP contribution is -2.28. The van der Waals surface area contributed by atoms with Crippen LogP contribution in [0.1, 0.15) is 19.8 Å². The highest BCUT2D eigenvalue weighted by molar-refractivity contribution is 5.76. The van der Waals surface area contributed by atoms with Crippen molar-refractivity contribution >= 4 is 5.91 Å². The van der Waals surface area contributed by atoms with E-state index in [1.807, 2.05) is 0 Å². The maximum atomic E-state index is 11.5. The topological polar surface area (TPSA) is 29.1 Å². The third-order valence-corrected chi connectivity index (χ3v) is 0.933. The third kappa shape index (κ3) is 7.15. The fourth-order valence-electron chi connectivity index (χ4n) is 0.509. The lowest BCUT2D eigenvalue weighted by Gasteiger charge is -2.05. The summed E-state index contributed by atoms with van der Waals surface area (Å²) in [5.41, 5.74) is 0. The molecule has 1 N–H and O–H groups in total. The van der Waals surface area contributed by atoms with Crippen LogP contribution < -0.4 is 5.32 Å². The van der Waals surface area contributed by atoms with Gasteiger partial charge in [0.2, 0.25) is 5.91 Å². The first-order chi connectivity index (χ1) is 4.95. The molecule has 1 amide bonds. The fourth-order valence-corrected chi connectivity index (χ4v) is 0.509. The summed E-state index contributed by atoms with van der Waals surface area (Å²) in [6.45, 7) is 2.07. The van der Waals surface area contributed by atoms with E-state index in [-0.39, 0.29) is 0 Å². The van der Waals surface area contributed by atoms with Crippen LogP contribution in [0.15, 0.2) is 0 Å². The van der Waals surface area contributed by atoms with Crippen LogP contribution in [0.4, 0.5) is 13.2 Å². The van der Waals surface area contributed by atoms with E-state index < -0.39 is 18.5 Å². The number of nitrogens with one attached hydrogen (secondary N) is 1. The highest BCUT2D eigenvalue weighted by Crippen LogP contribution is 2.18. The van der Waals surface area contributed by atoms with Gasteiger partial charge in [-0.3, -0.25) is 4.79 Å². The van der Waals surface area contributed by atoms with Gasteiger partial charge in [-0.15, -0.1) is 0 Å². The van der Waals surface area contributed by atoms with Crippen molar-refractivity contribution in [3.8, 4) is 0 Å². The molecule has 0 spiro atoms. The molecule has 11 heavy (non-hydrogen) atoms. The summed E-state index contributed by atoms with van der Waals surface area (Å²) in [7, 11) is 0. The molecule has 0 aromatic rings. The van der Waals surface area contributed by atoms with Crippen LogP contribution in [0.3, 0.4) is 0 Å². The fraction of sp³-hybridized carbons (Fsp3) is 0.833. The molecular formula is C6H10F3NO. The molecule has 2 nitrogen and oxygen atoms in total. The first kappa shape index (κ1) is 10.3. The van der Waals surface area contributed by atoms with Crippen LogP contribution in [-0.2, 0) is 4.79 Å². The summed E-state index contributed by atoms with van der Waals surface area (Å²) in [5.74, 6) is -0.959.